The number of halogens is 1. The number of aryl methyl sites for hydroxylation is 1. The van der Waals surface area contributed by atoms with Crippen molar-refractivity contribution in [2.75, 3.05) is 0 Å². The highest BCUT2D eigenvalue weighted by molar-refractivity contribution is 9.10. The van der Waals surface area contributed by atoms with Crippen LogP contribution in [0.3, 0.4) is 0 Å². The smallest absolute Gasteiger partial charge is 0.106 e. The van der Waals surface area contributed by atoms with Gasteiger partial charge in [-0.1, -0.05) is 0 Å². The zero-order valence-corrected chi connectivity index (χ0v) is 8.71. The molecule has 0 fully saturated rings. The largest absolute Gasteiger partial charge is 0.328 e. The topological polar surface area (TPSA) is 38.9 Å². The Morgan fingerprint density at radius 3 is 3.00 bits per heavy atom. The summed E-state index contributed by atoms with van der Waals surface area (Å²) in [5.41, 5.74) is 6.94. The molecule has 0 aliphatic carbocycles. The highest BCUT2D eigenvalue weighted by Crippen LogP contribution is 2.10. The molecule has 1 rings (SSSR count). The molecule has 0 amide bonds. The first-order valence-electron chi connectivity index (χ1n) is 4.04. The Labute approximate surface area is 81.3 Å². The molecule has 0 aliphatic heterocycles. The maximum atomic E-state index is 5.65. The van der Waals surface area contributed by atoms with Gasteiger partial charge in [0.05, 0.1) is 0 Å². The lowest BCUT2D eigenvalue weighted by molar-refractivity contribution is 0.665. The van der Waals surface area contributed by atoms with E-state index in [1.165, 1.54) is 5.56 Å². The second-order valence-corrected chi connectivity index (χ2v) is 3.82. The van der Waals surface area contributed by atoms with Crippen molar-refractivity contribution in [3.8, 4) is 0 Å². The molecule has 1 aromatic rings. The average Bonchev–Trinajstić information content (AvgIpc) is 2.01. The summed E-state index contributed by atoms with van der Waals surface area (Å²) < 4.78 is 0.893. The third-order valence-electron chi connectivity index (χ3n) is 1.68. The third kappa shape index (κ3) is 3.32. The van der Waals surface area contributed by atoms with Gasteiger partial charge in [0.2, 0.25) is 0 Å². The molecule has 0 saturated carbocycles. The Kier molecular flexibility index (Phi) is 3.69. The molecule has 0 bridgehead atoms. The van der Waals surface area contributed by atoms with Gasteiger partial charge in [0.25, 0.3) is 0 Å². The van der Waals surface area contributed by atoms with Crippen molar-refractivity contribution in [2.24, 2.45) is 5.73 Å². The molecule has 1 unspecified atom stereocenters. The van der Waals surface area contributed by atoms with Crippen LogP contribution in [0.25, 0.3) is 0 Å². The number of aromatic nitrogens is 1. The normalized spacial score (nSPS) is 12.9. The predicted molar refractivity (Wildman–Crippen MR) is 53.9 cm³/mol. The molecule has 0 radical (unpaired) electrons. The molecule has 1 heterocycles. The molecule has 0 aliphatic rings. The fraction of sp³-hybridized carbons (Fsp3) is 0.444. The lowest BCUT2D eigenvalue weighted by Gasteiger charge is -2.04. The van der Waals surface area contributed by atoms with Gasteiger partial charge in [-0.3, -0.25) is 0 Å². The molecule has 66 valence electrons. The van der Waals surface area contributed by atoms with Crippen LogP contribution in [0.1, 0.15) is 18.9 Å². The molecule has 2 nitrogen and oxygen atoms in total. The van der Waals surface area contributed by atoms with E-state index in [1.54, 1.807) is 6.20 Å². The van der Waals surface area contributed by atoms with Gasteiger partial charge in [-0.15, -0.1) is 0 Å². The maximum Gasteiger partial charge on any atom is 0.106 e. The Morgan fingerprint density at radius 2 is 2.42 bits per heavy atom. The van der Waals surface area contributed by atoms with Gasteiger partial charge >= 0.3 is 0 Å². The molecule has 3 heteroatoms. The van der Waals surface area contributed by atoms with Crippen molar-refractivity contribution < 1.29 is 0 Å². The number of hydrogen-bond donors (Lipinski definition) is 1. The molecule has 12 heavy (non-hydrogen) atoms. The Hall–Kier alpha value is -0.410. The lowest BCUT2D eigenvalue weighted by atomic mass is 10.1. The van der Waals surface area contributed by atoms with E-state index in [0.717, 1.165) is 17.4 Å². The predicted octanol–water partition coefficient (Wildman–Crippen LogP) is 2.12. The van der Waals surface area contributed by atoms with Crippen LogP contribution in [-0.2, 0) is 6.42 Å². The molecule has 0 spiro atoms. The number of rotatable bonds is 3. The van der Waals surface area contributed by atoms with Gasteiger partial charge in [0.15, 0.2) is 0 Å². The zero-order chi connectivity index (χ0) is 8.97. The third-order valence-corrected chi connectivity index (χ3v) is 2.11. The Balaban J connectivity index is 2.52. The van der Waals surface area contributed by atoms with Crippen molar-refractivity contribution in [3.05, 3.63) is 28.5 Å². The number of hydrogen-bond acceptors (Lipinski definition) is 2. The first-order valence-corrected chi connectivity index (χ1v) is 4.84. The van der Waals surface area contributed by atoms with Gasteiger partial charge in [0, 0.05) is 12.2 Å². The van der Waals surface area contributed by atoms with E-state index in [2.05, 4.69) is 20.9 Å². The second-order valence-electron chi connectivity index (χ2n) is 3.00. The molecule has 1 atom stereocenters. The summed E-state index contributed by atoms with van der Waals surface area (Å²) >= 11 is 3.33. The van der Waals surface area contributed by atoms with E-state index >= 15 is 0 Å². The highest BCUT2D eigenvalue weighted by atomic mass is 79.9. The lowest BCUT2D eigenvalue weighted by Crippen LogP contribution is -2.15. The number of pyridine rings is 1. The van der Waals surface area contributed by atoms with Crippen molar-refractivity contribution in [3.63, 3.8) is 0 Å². The summed E-state index contributed by atoms with van der Waals surface area (Å²) in [6, 6.07) is 4.33. The fourth-order valence-electron chi connectivity index (χ4n) is 0.992. The van der Waals surface area contributed by atoms with Crippen LogP contribution in [0.4, 0.5) is 0 Å². The fourth-order valence-corrected chi connectivity index (χ4v) is 1.40. The van der Waals surface area contributed by atoms with E-state index in [9.17, 15) is 0 Å². The first kappa shape index (κ1) is 9.68. The summed E-state index contributed by atoms with van der Waals surface area (Å²) in [6.45, 7) is 2.02. The first-order chi connectivity index (χ1) is 5.68. The van der Waals surface area contributed by atoms with E-state index in [4.69, 9.17) is 5.73 Å². The van der Waals surface area contributed by atoms with E-state index in [1.807, 2.05) is 19.1 Å². The van der Waals surface area contributed by atoms with Crippen LogP contribution in [0.15, 0.2) is 22.9 Å². The van der Waals surface area contributed by atoms with E-state index in [-0.39, 0.29) is 6.04 Å². The quantitative estimate of drug-likeness (QED) is 0.806. The highest BCUT2D eigenvalue weighted by Gasteiger charge is 1.97. The summed E-state index contributed by atoms with van der Waals surface area (Å²) in [6.07, 6.45) is 3.86. The standard InChI is InChI=1S/C9H13BrN2/c1-7(11)2-3-8-4-5-12-9(10)6-8/h4-7H,2-3,11H2,1H3. The summed E-state index contributed by atoms with van der Waals surface area (Å²) in [5, 5.41) is 0. The number of nitrogens with two attached hydrogens (primary N) is 1. The zero-order valence-electron chi connectivity index (χ0n) is 7.13. The Morgan fingerprint density at radius 1 is 1.67 bits per heavy atom. The molecule has 2 N–H and O–H groups in total. The van der Waals surface area contributed by atoms with Gasteiger partial charge in [0.1, 0.15) is 4.60 Å². The monoisotopic (exact) mass is 228 g/mol. The summed E-state index contributed by atoms with van der Waals surface area (Å²) in [5.74, 6) is 0. The average molecular weight is 229 g/mol. The molecule has 0 aromatic carbocycles. The minimum Gasteiger partial charge on any atom is -0.328 e. The van der Waals surface area contributed by atoms with Crippen LogP contribution < -0.4 is 5.73 Å². The van der Waals surface area contributed by atoms with Crippen molar-refractivity contribution in [2.45, 2.75) is 25.8 Å². The second kappa shape index (κ2) is 4.58. The summed E-state index contributed by atoms with van der Waals surface area (Å²) in [4.78, 5) is 4.05. The van der Waals surface area contributed by atoms with Crippen molar-refractivity contribution >= 4 is 15.9 Å². The van der Waals surface area contributed by atoms with E-state index < -0.39 is 0 Å². The summed E-state index contributed by atoms with van der Waals surface area (Å²) in [7, 11) is 0. The van der Waals surface area contributed by atoms with Gasteiger partial charge < -0.3 is 5.73 Å². The van der Waals surface area contributed by atoms with Crippen LogP contribution in [0.5, 0.6) is 0 Å². The molecule has 0 saturated heterocycles. The minimum absolute atomic E-state index is 0.275. The SMILES string of the molecule is CC(N)CCc1ccnc(Br)c1. The van der Waals surface area contributed by atoms with Crippen LogP contribution in [-0.4, -0.2) is 11.0 Å². The molecular weight excluding hydrogens is 216 g/mol. The number of nitrogens with zero attached hydrogens (tertiary/aromatic N) is 1. The molecular formula is C9H13BrN2. The molecule has 1 aromatic heterocycles. The minimum atomic E-state index is 0.275. The van der Waals surface area contributed by atoms with Crippen LogP contribution in [0, 0.1) is 0 Å². The van der Waals surface area contributed by atoms with Gasteiger partial charge in [-0.25, -0.2) is 4.98 Å². The van der Waals surface area contributed by atoms with Crippen molar-refractivity contribution in [1.82, 2.24) is 4.98 Å². The van der Waals surface area contributed by atoms with E-state index in [0.29, 0.717) is 0 Å². The Bertz CT molecular complexity index is 248. The van der Waals surface area contributed by atoms with Gasteiger partial charge in [-0.2, -0.15) is 0 Å². The maximum absolute atomic E-state index is 5.65. The van der Waals surface area contributed by atoms with Crippen molar-refractivity contribution in [1.29, 1.82) is 0 Å². The van der Waals surface area contributed by atoms with Gasteiger partial charge in [-0.05, 0) is 53.4 Å². The van der Waals surface area contributed by atoms with Crippen LogP contribution in [0.2, 0.25) is 0 Å². The van der Waals surface area contributed by atoms with Crippen LogP contribution >= 0.6 is 15.9 Å².